The fraction of sp³-hybridized carbons (Fsp3) is 0.529. The quantitative estimate of drug-likeness (QED) is 0.802. The van der Waals surface area contributed by atoms with Gasteiger partial charge in [0.15, 0.2) is 0 Å². The van der Waals surface area contributed by atoms with E-state index in [-0.39, 0.29) is 0 Å². The van der Waals surface area contributed by atoms with E-state index < -0.39 is 0 Å². The lowest BCUT2D eigenvalue weighted by atomic mass is 9.89. The van der Waals surface area contributed by atoms with Gasteiger partial charge in [-0.2, -0.15) is 0 Å². The third-order valence-corrected chi connectivity index (χ3v) is 3.81. The molecule has 19 heavy (non-hydrogen) atoms. The summed E-state index contributed by atoms with van der Waals surface area (Å²) in [7, 11) is 1.76. The summed E-state index contributed by atoms with van der Waals surface area (Å²) in [4.78, 5) is 0. The minimum Gasteiger partial charge on any atom is -0.496 e. The Hall–Kier alpha value is -1.28. The Balaban J connectivity index is 2.35. The maximum atomic E-state index is 5.58. The smallest absolute Gasteiger partial charge is 0.124 e. The van der Waals surface area contributed by atoms with Crippen molar-refractivity contribution in [2.45, 2.75) is 45.6 Å². The molecular formula is C17H25NO. The lowest BCUT2D eigenvalue weighted by Gasteiger charge is -2.26. The van der Waals surface area contributed by atoms with Crippen LogP contribution < -0.4 is 10.1 Å². The predicted molar refractivity (Wildman–Crippen MR) is 80.7 cm³/mol. The van der Waals surface area contributed by atoms with Crippen molar-refractivity contribution >= 4 is 0 Å². The lowest BCUT2D eigenvalue weighted by Crippen LogP contribution is -2.24. The maximum absolute atomic E-state index is 5.58. The Kier molecular flexibility index (Phi) is 5.03. The van der Waals surface area contributed by atoms with Crippen LogP contribution in [0.4, 0.5) is 0 Å². The predicted octanol–water partition coefficient (Wildman–Crippen LogP) is 4.15. The number of hydrogen-bond acceptors (Lipinski definition) is 2. The summed E-state index contributed by atoms with van der Waals surface area (Å²) in [5.74, 6) is 0.998. The van der Waals surface area contributed by atoms with E-state index >= 15 is 0 Å². The molecule has 0 radical (unpaired) electrons. The second-order valence-electron chi connectivity index (χ2n) is 5.26. The van der Waals surface area contributed by atoms with Crippen LogP contribution in [0, 0.1) is 6.92 Å². The molecule has 2 rings (SSSR count). The van der Waals surface area contributed by atoms with E-state index in [0.717, 1.165) is 12.3 Å². The van der Waals surface area contributed by atoms with Gasteiger partial charge in [0.25, 0.3) is 0 Å². The van der Waals surface area contributed by atoms with Crippen molar-refractivity contribution in [1.82, 2.24) is 5.32 Å². The summed E-state index contributed by atoms with van der Waals surface area (Å²) in [5.41, 5.74) is 4.03. The molecule has 0 saturated carbocycles. The highest BCUT2D eigenvalue weighted by atomic mass is 16.5. The van der Waals surface area contributed by atoms with Crippen molar-refractivity contribution in [2.75, 3.05) is 13.7 Å². The van der Waals surface area contributed by atoms with E-state index in [1.165, 1.54) is 42.4 Å². The van der Waals surface area contributed by atoms with E-state index in [1.54, 1.807) is 7.11 Å². The molecule has 0 spiro atoms. The van der Waals surface area contributed by atoms with Gasteiger partial charge in [0, 0.05) is 5.56 Å². The Morgan fingerprint density at radius 1 is 1.32 bits per heavy atom. The second kappa shape index (κ2) is 6.76. The van der Waals surface area contributed by atoms with Gasteiger partial charge < -0.3 is 10.1 Å². The zero-order valence-electron chi connectivity index (χ0n) is 12.3. The van der Waals surface area contributed by atoms with Gasteiger partial charge >= 0.3 is 0 Å². The van der Waals surface area contributed by atoms with Crippen LogP contribution in [0.5, 0.6) is 5.75 Å². The van der Waals surface area contributed by atoms with Gasteiger partial charge in [0.1, 0.15) is 5.75 Å². The molecule has 2 nitrogen and oxygen atoms in total. The van der Waals surface area contributed by atoms with Crippen LogP contribution in [0.3, 0.4) is 0 Å². The Morgan fingerprint density at radius 2 is 2.16 bits per heavy atom. The first-order valence-electron chi connectivity index (χ1n) is 7.33. The maximum Gasteiger partial charge on any atom is 0.124 e. The number of rotatable bonds is 5. The SMILES string of the molecule is CCNC(C1=CCCCC1)c1ccc(C)cc1OC. The van der Waals surface area contributed by atoms with Crippen molar-refractivity contribution in [3.63, 3.8) is 0 Å². The Labute approximate surface area is 116 Å². The summed E-state index contributed by atoms with van der Waals surface area (Å²) in [6, 6.07) is 6.81. The third-order valence-electron chi connectivity index (χ3n) is 3.81. The standard InChI is InChI=1S/C17H25NO/c1-4-18-17(14-8-6-5-7-9-14)15-11-10-13(2)12-16(15)19-3/h8,10-12,17-18H,4-7,9H2,1-3H3. The van der Waals surface area contributed by atoms with Crippen LogP contribution in [0.15, 0.2) is 29.8 Å². The highest BCUT2D eigenvalue weighted by molar-refractivity contribution is 5.43. The molecule has 1 unspecified atom stereocenters. The van der Waals surface area contributed by atoms with E-state index in [0.29, 0.717) is 6.04 Å². The molecule has 0 bridgehead atoms. The number of methoxy groups -OCH3 is 1. The zero-order chi connectivity index (χ0) is 13.7. The molecule has 0 aromatic heterocycles. The number of ether oxygens (including phenoxy) is 1. The molecule has 1 aliphatic carbocycles. The van der Waals surface area contributed by atoms with Crippen LogP contribution >= 0.6 is 0 Å². The van der Waals surface area contributed by atoms with Gasteiger partial charge in [-0.3, -0.25) is 0 Å². The summed E-state index contributed by atoms with van der Waals surface area (Å²) < 4.78 is 5.58. The molecule has 2 heteroatoms. The Morgan fingerprint density at radius 3 is 2.79 bits per heavy atom. The number of aryl methyl sites for hydroxylation is 1. The molecule has 1 N–H and O–H groups in total. The summed E-state index contributed by atoms with van der Waals surface area (Å²) in [6.45, 7) is 5.24. The van der Waals surface area contributed by atoms with E-state index in [2.05, 4.69) is 43.4 Å². The number of hydrogen-bond donors (Lipinski definition) is 1. The van der Waals surface area contributed by atoms with Crippen LogP contribution in [0.1, 0.15) is 49.8 Å². The average Bonchev–Trinajstić information content (AvgIpc) is 2.46. The molecule has 0 fully saturated rings. The Bertz CT molecular complexity index is 451. The van der Waals surface area contributed by atoms with Gasteiger partial charge in [-0.15, -0.1) is 0 Å². The molecule has 0 amide bonds. The third kappa shape index (κ3) is 3.38. The fourth-order valence-corrected chi connectivity index (χ4v) is 2.83. The number of likely N-dealkylation sites (N-methyl/N-ethyl adjacent to an activating group) is 1. The lowest BCUT2D eigenvalue weighted by molar-refractivity contribution is 0.402. The number of allylic oxidation sites excluding steroid dienone is 1. The van der Waals surface area contributed by atoms with Crippen LogP contribution in [-0.2, 0) is 0 Å². The van der Waals surface area contributed by atoms with Crippen molar-refractivity contribution in [2.24, 2.45) is 0 Å². The van der Waals surface area contributed by atoms with Gasteiger partial charge in [0.05, 0.1) is 13.2 Å². The number of benzene rings is 1. The topological polar surface area (TPSA) is 21.3 Å². The minimum atomic E-state index is 0.306. The monoisotopic (exact) mass is 259 g/mol. The van der Waals surface area contributed by atoms with Crippen molar-refractivity contribution < 1.29 is 4.74 Å². The van der Waals surface area contributed by atoms with Gasteiger partial charge in [-0.05, 0) is 50.8 Å². The molecule has 1 aliphatic rings. The van der Waals surface area contributed by atoms with Crippen molar-refractivity contribution in [3.8, 4) is 5.75 Å². The summed E-state index contributed by atoms with van der Waals surface area (Å²) in [5, 5.41) is 3.61. The largest absolute Gasteiger partial charge is 0.496 e. The van der Waals surface area contributed by atoms with Gasteiger partial charge in [-0.25, -0.2) is 0 Å². The highest BCUT2D eigenvalue weighted by Gasteiger charge is 2.20. The van der Waals surface area contributed by atoms with Crippen LogP contribution in [0.25, 0.3) is 0 Å². The van der Waals surface area contributed by atoms with E-state index in [9.17, 15) is 0 Å². The van der Waals surface area contributed by atoms with Gasteiger partial charge in [-0.1, -0.05) is 30.7 Å². The molecule has 0 heterocycles. The summed E-state index contributed by atoms with van der Waals surface area (Å²) >= 11 is 0. The van der Waals surface area contributed by atoms with Crippen molar-refractivity contribution in [1.29, 1.82) is 0 Å². The van der Waals surface area contributed by atoms with Gasteiger partial charge in [0.2, 0.25) is 0 Å². The van der Waals surface area contributed by atoms with Crippen LogP contribution in [-0.4, -0.2) is 13.7 Å². The minimum absolute atomic E-state index is 0.306. The van der Waals surface area contributed by atoms with Crippen LogP contribution in [0.2, 0.25) is 0 Å². The second-order valence-corrected chi connectivity index (χ2v) is 5.26. The van der Waals surface area contributed by atoms with E-state index in [1.807, 2.05) is 0 Å². The number of nitrogens with one attached hydrogen (secondary N) is 1. The first kappa shape index (κ1) is 14.1. The molecule has 1 aromatic rings. The fourth-order valence-electron chi connectivity index (χ4n) is 2.83. The molecule has 1 atom stereocenters. The first-order valence-corrected chi connectivity index (χ1v) is 7.33. The first-order chi connectivity index (χ1) is 9.26. The molecule has 1 aromatic carbocycles. The molecule has 104 valence electrons. The molecule has 0 saturated heterocycles. The molecular weight excluding hydrogens is 234 g/mol. The molecule has 0 aliphatic heterocycles. The summed E-state index contributed by atoms with van der Waals surface area (Å²) in [6.07, 6.45) is 7.46. The van der Waals surface area contributed by atoms with Crippen molar-refractivity contribution in [3.05, 3.63) is 41.0 Å². The normalized spacial score (nSPS) is 16.9. The highest BCUT2D eigenvalue weighted by Crippen LogP contribution is 2.35. The van der Waals surface area contributed by atoms with E-state index in [4.69, 9.17) is 4.74 Å². The average molecular weight is 259 g/mol. The zero-order valence-corrected chi connectivity index (χ0v) is 12.3.